The van der Waals surface area contributed by atoms with Crippen LogP contribution < -0.4 is 0 Å². The maximum atomic E-state index is 12.5. The van der Waals surface area contributed by atoms with E-state index in [0.29, 0.717) is 12.0 Å². The van der Waals surface area contributed by atoms with E-state index in [1.54, 1.807) is 0 Å². The first kappa shape index (κ1) is 13.7. The fourth-order valence-corrected chi connectivity index (χ4v) is 3.20. The third-order valence-electron chi connectivity index (χ3n) is 4.38. The van der Waals surface area contributed by atoms with E-state index < -0.39 is 0 Å². The molecule has 0 aromatic carbocycles. The second kappa shape index (κ2) is 5.91. The van der Waals surface area contributed by atoms with Gasteiger partial charge in [0.25, 0.3) is 0 Å². The Morgan fingerprint density at radius 3 is 2.56 bits per heavy atom. The van der Waals surface area contributed by atoms with Crippen LogP contribution in [0.2, 0.25) is 0 Å². The van der Waals surface area contributed by atoms with Crippen LogP contribution in [0.5, 0.6) is 0 Å². The van der Waals surface area contributed by atoms with E-state index in [1.807, 2.05) is 16.8 Å². The lowest BCUT2D eigenvalue weighted by atomic mass is 10.0. The van der Waals surface area contributed by atoms with Crippen molar-refractivity contribution < 1.29 is 4.79 Å². The predicted octanol–water partition coefficient (Wildman–Crippen LogP) is 1.86. The molecule has 104 valence electrons. The maximum Gasteiger partial charge on any atom is 0.320 e. The number of rotatable bonds is 1. The molecular formula is C14H27N3O. The molecule has 2 fully saturated rings. The minimum atomic E-state index is 0.238. The second-order valence-corrected chi connectivity index (χ2v) is 6.15. The van der Waals surface area contributed by atoms with Gasteiger partial charge in [-0.1, -0.05) is 6.92 Å². The molecule has 0 radical (unpaired) electrons. The Morgan fingerprint density at radius 1 is 1.17 bits per heavy atom. The van der Waals surface area contributed by atoms with Crippen LogP contribution in [0.3, 0.4) is 0 Å². The lowest BCUT2D eigenvalue weighted by molar-refractivity contribution is 0.101. The quantitative estimate of drug-likeness (QED) is 0.713. The van der Waals surface area contributed by atoms with E-state index in [4.69, 9.17) is 0 Å². The average Bonchev–Trinajstić information content (AvgIpc) is 2.37. The van der Waals surface area contributed by atoms with Gasteiger partial charge in [0, 0.05) is 32.7 Å². The van der Waals surface area contributed by atoms with Gasteiger partial charge in [-0.2, -0.15) is 0 Å². The predicted molar refractivity (Wildman–Crippen MR) is 73.6 cm³/mol. The number of hydrogen-bond donors (Lipinski definition) is 0. The van der Waals surface area contributed by atoms with Gasteiger partial charge >= 0.3 is 6.03 Å². The van der Waals surface area contributed by atoms with Gasteiger partial charge in [0.2, 0.25) is 0 Å². The zero-order chi connectivity index (χ0) is 13.1. The molecule has 2 rings (SSSR count). The molecular weight excluding hydrogens is 226 g/mol. The first-order chi connectivity index (χ1) is 8.58. The molecule has 2 unspecified atom stereocenters. The molecule has 0 aliphatic carbocycles. The Bertz CT molecular complexity index is 295. The van der Waals surface area contributed by atoms with Crippen molar-refractivity contribution in [1.82, 2.24) is 14.7 Å². The van der Waals surface area contributed by atoms with Crippen molar-refractivity contribution in [2.24, 2.45) is 5.92 Å². The molecule has 0 aromatic heterocycles. The van der Waals surface area contributed by atoms with Gasteiger partial charge < -0.3 is 14.7 Å². The summed E-state index contributed by atoms with van der Waals surface area (Å²) in [6, 6.07) is 0.635. The third kappa shape index (κ3) is 3.16. The van der Waals surface area contributed by atoms with Crippen molar-refractivity contribution in [3.8, 4) is 0 Å². The van der Waals surface area contributed by atoms with E-state index in [0.717, 1.165) is 32.5 Å². The molecule has 4 heteroatoms. The molecule has 4 nitrogen and oxygen atoms in total. The van der Waals surface area contributed by atoms with Crippen LogP contribution >= 0.6 is 0 Å². The zero-order valence-corrected chi connectivity index (χ0v) is 12.1. The molecule has 18 heavy (non-hydrogen) atoms. The van der Waals surface area contributed by atoms with Crippen LogP contribution in [0.1, 0.15) is 32.6 Å². The Kier molecular flexibility index (Phi) is 4.49. The number of hydrogen-bond acceptors (Lipinski definition) is 2. The number of carbonyl (C=O) groups excluding carboxylic acids is 1. The third-order valence-corrected chi connectivity index (χ3v) is 4.38. The SMILES string of the molecule is CC1CCCN(C(=O)N(C)C2CCCN(C)C2)C1. The van der Waals surface area contributed by atoms with Crippen molar-refractivity contribution in [2.75, 3.05) is 40.3 Å². The van der Waals surface area contributed by atoms with Gasteiger partial charge in [-0.15, -0.1) is 0 Å². The number of amides is 2. The van der Waals surface area contributed by atoms with Gasteiger partial charge in [-0.25, -0.2) is 4.79 Å². The monoisotopic (exact) mass is 253 g/mol. The van der Waals surface area contributed by atoms with Gasteiger partial charge in [0.05, 0.1) is 0 Å². The molecule has 2 saturated heterocycles. The molecule has 2 aliphatic rings. The van der Waals surface area contributed by atoms with Gasteiger partial charge in [0.1, 0.15) is 0 Å². The summed E-state index contributed by atoms with van der Waals surface area (Å²) in [6.45, 7) is 6.31. The molecule has 0 bridgehead atoms. The topological polar surface area (TPSA) is 26.8 Å². The Morgan fingerprint density at radius 2 is 1.89 bits per heavy atom. The van der Waals surface area contributed by atoms with E-state index >= 15 is 0 Å². The van der Waals surface area contributed by atoms with Crippen molar-refractivity contribution in [3.63, 3.8) is 0 Å². The van der Waals surface area contributed by atoms with Crippen LogP contribution in [0.4, 0.5) is 4.79 Å². The van der Waals surface area contributed by atoms with Gasteiger partial charge in [-0.05, 0) is 45.2 Å². The number of piperidine rings is 2. The number of nitrogens with zero attached hydrogens (tertiary/aromatic N) is 3. The Hall–Kier alpha value is -0.770. The molecule has 0 N–H and O–H groups in total. The van der Waals surface area contributed by atoms with E-state index in [-0.39, 0.29) is 6.03 Å². The Balaban J connectivity index is 1.91. The fourth-order valence-electron chi connectivity index (χ4n) is 3.20. The summed E-state index contributed by atoms with van der Waals surface area (Å²) in [5.74, 6) is 0.658. The molecule has 2 atom stereocenters. The van der Waals surface area contributed by atoms with E-state index in [2.05, 4.69) is 18.9 Å². The first-order valence-electron chi connectivity index (χ1n) is 7.28. The van der Waals surface area contributed by atoms with Crippen LogP contribution in [-0.2, 0) is 0 Å². The first-order valence-corrected chi connectivity index (χ1v) is 7.28. The lowest BCUT2D eigenvalue weighted by Crippen LogP contribution is -2.53. The smallest absolute Gasteiger partial charge is 0.320 e. The summed E-state index contributed by atoms with van der Waals surface area (Å²) in [6.07, 6.45) is 4.77. The van der Waals surface area contributed by atoms with Crippen molar-refractivity contribution in [1.29, 1.82) is 0 Å². The van der Waals surface area contributed by atoms with Crippen LogP contribution in [0.15, 0.2) is 0 Å². The Labute approximate surface area is 111 Å². The van der Waals surface area contributed by atoms with Crippen LogP contribution in [0.25, 0.3) is 0 Å². The zero-order valence-electron chi connectivity index (χ0n) is 12.1. The highest BCUT2D eigenvalue weighted by molar-refractivity contribution is 5.74. The number of likely N-dealkylation sites (N-methyl/N-ethyl adjacent to an activating group) is 2. The number of likely N-dealkylation sites (tertiary alicyclic amines) is 2. The van der Waals surface area contributed by atoms with Crippen molar-refractivity contribution in [2.45, 2.75) is 38.6 Å². The molecule has 0 aromatic rings. The summed E-state index contributed by atoms with van der Waals surface area (Å²) < 4.78 is 0. The number of carbonyl (C=O) groups is 1. The summed E-state index contributed by atoms with van der Waals surface area (Å²) in [7, 11) is 4.12. The fraction of sp³-hybridized carbons (Fsp3) is 0.929. The normalized spacial score (nSPS) is 30.3. The summed E-state index contributed by atoms with van der Waals surface area (Å²) >= 11 is 0. The van der Waals surface area contributed by atoms with Crippen LogP contribution in [0, 0.1) is 5.92 Å². The summed E-state index contributed by atoms with van der Waals surface area (Å²) in [5.41, 5.74) is 0. The van der Waals surface area contributed by atoms with Crippen molar-refractivity contribution in [3.05, 3.63) is 0 Å². The molecule has 0 spiro atoms. The van der Waals surface area contributed by atoms with Gasteiger partial charge in [0.15, 0.2) is 0 Å². The second-order valence-electron chi connectivity index (χ2n) is 6.15. The minimum absolute atomic E-state index is 0.238. The summed E-state index contributed by atoms with van der Waals surface area (Å²) in [5, 5.41) is 0. The van der Waals surface area contributed by atoms with Crippen molar-refractivity contribution >= 4 is 6.03 Å². The molecule has 2 amide bonds. The molecule has 0 saturated carbocycles. The lowest BCUT2D eigenvalue weighted by Gasteiger charge is -2.40. The largest absolute Gasteiger partial charge is 0.324 e. The van der Waals surface area contributed by atoms with Crippen LogP contribution in [-0.4, -0.2) is 67.0 Å². The standard InChI is InChI=1S/C14H27N3O/c1-12-6-4-9-17(10-12)14(18)16(3)13-7-5-8-15(2)11-13/h12-13H,4-11H2,1-3H3. The van der Waals surface area contributed by atoms with Gasteiger partial charge in [-0.3, -0.25) is 0 Å². The molecule has 2 aliphatic heterocycles. The van der Waals surface area contributed by atoms with E-state index in [1.165, 1.54) is 19.4 Å². The highest BCUT2D eigenvalue weighted by atomic mass is 16.2. The number of urea groups is 1. The highest BCUT2D eigenvalue weighted by Gasteiger charge is 2.29. The maximum absolute atomic E-state index is 12.5. The molecule has 2 heterocycles. The average molecular weight is 253 g/mol. The highest BCUT2D eigenvalue weighted by Crippen LogP contribution is 2.19. The van der Waals surface area contributed by atoms with E-state index in [9.17, 15) is 4.79 Å². The summed E-state index contributed by atoms with van der Waals surface area (Å²) in [4.78, 5) is 18.8. The minimum Gasteiger partial charge on any atom is -0.324 e.